The summed E-state index contributed by atoms with van der Waals surface area (Å²) in [4.78, 5) is 26.6. The van der Waals surface area contributed by atoms with Gasteiger partial charge in [-0.15, -0.1) is 0 Å². The maximum absolute atomic E-state index is 12.8. The second kappa shape index (κ2) is 9.26. The van der Waals surface area contributed by atoms with Crippen LogP contribution in [-0.4, -0.2) is 63.8 Å². The van der Waals surface area contributed by atoms with Gasteiger partial charge in [-0.3, -0.25) is 4.79 Å². The molecule has 4 aromatic rings. The molecule has 0 aliphatic carbocycles. The number of hydrogen-bond donors (Lipinski definition) is 0. The van der Waals surface area contributed by atoms with Crippen molar-refractivity contribution >= 4 is 22.8 Å². The number of methoxy groups -OCH3 is 1. The highest BCUT2D eigenvalue weighted by Crippen LogP contribution is 2.30. The first-order chi connectivity index (χ1) is 16.5. The maximum atomic E-state index is 12.8. The Bertz CT molecular complexity index is 1300. The fourth-order valence-corrected chi connectivity index (χ4v) is 4.38. The van der Waals surface area contributed by atoms with E-state index in [0.29, 0.717) is 37.8 Å². The van der Waals surface area contributed by atoms with Gasteiger partial charge in [-0.25, -0.2) is 14.6 Å². The van der Waals surface area contributed by atoms with Gasteiger partial charge in [0.05, 0.1) is 23.0 Å². The van der Waals surface area contributed by atoms with Crippen LogP contribution < -0.4 is 4.90 Å². The summed E-state index contributed by atoms with van der Waals surface area (Å²) in [6.45, 7) is 7.02. The number of hydrogen-bond acceptors (Lipinski definition) is 7. The molecular weight excluding hydrogens is 432 g/mol. The standard InChI is InChI=1S/C25H28N6O3/c1-17-7-9-19(10-8-17)31-24-22(18(2)28-31)23(26-21(27-24)16-33-3)29-11-5-12-30(14-13-29)25(32)20-6-4-15-34-20/h4,6-10,15H,5,11-14,16H2,1-3H3. The van der Waals surface area contributed by atoms with E-state index in [1.165, 1.54) is 11.8 Å². The topological polar surface area (TPSA) is 89.5 Å². The molecule has 1 aromatic carbocycles. The minimum atomic E-state index is -0.0804. The van der Waals surface area contributed by atoms with E-state index < -0.39 is 0 Å². The molecule has 4 heterocycles. The summed E-state index contributed by atoms with van der Waals surface area (Å²) in [6, 6.07) is 11.7. The first-order valence-electron chi connectivity index (χ1n) is 11.4. The zero-order valence-electron chi connectivity index (χ0n) is 19.7. The van der Waals surface area contributed by atoms with Crippen LogP contribution in [0.15, 0.2) is 47.1 Å². The Morgan fingerprint density at radius 2 is 1.88 bits per heavy atom. The molecule has 0 atom stereocenters. The molecule has 1 saturated heterocycles. The van der Waals surface area contributed by atoms with Crippen LogP contribution in [0.3, 0.4) is 0 Å². The highest BCUT2D eigenvalue weighted by Gasteiger charge is 2.26. The fraction of sp³-hybridized carbons (Fsp3) is 0.360. The summed E-state index contributed by atoms with van der Waals surface area (Å²) >= 11 is 0. The monoisotopic (exact) mass is 460 g/mol. The lowest BCUT2D eigenvalue weighted by atomic mass is 10.2. The Kier molecular flexibility index (Phi) is 6.02. The van der Waals surface area contributed by atoms with Gasteiger partial charge >= 0.3 is 0 Å². The number of carbonyl (C=O) groups excluding carboxylic acids is 1. The van der Waals surface area contributed by atoms with Gasteiger partial charge in [0.15, 0.2) is 17.2 Å². The number of furan rings is 1. The number of benzene rings is 1. The van der Waals surface area contributed by atoms with Gasteiger partial charge in [-0.1, -0.05) is 17.7 Å². The second-order valence-electron chi connectivity index (χ2n) is 8.54. The normalized spacial score (nSPS) is 14.6. The van der Waals surface area contributed by atoms with Gasteiger partial charge in [0.1, 0.15) is 12.4 Å². The summed E-state index contributed by atoms with van der Waals surface area (Å²) in [5.41, 5.74) is 3.75. The molecule has 0 saturated carbocycles. The highest BCUT2D eigenvalue weighted by atomic mass is 16.5. The van der Waals surface area contributed by atoms with E-state index >= 15 is 0 Å². The number of anilines is 1. The Morgan fingerprint density at radius 1 is 1.06 bits per heavy atom. The molecule has 0 bridgehead atoms. The summed E-state index contributed by atoms with van der Waals surface area (Å²) in [7, 11) is 1.64. The maximum Gasteiger partial charge on any atom is 0.289 e. The molecule has 9 heteroatoms. The van der Waals surface area contributed by atoms with Gasteiger partial charge in [-0.05, 0) is 44.5 Å². The van der Waals surface area contributed by atoms with Crippen molar-refractivity contribution in [3.05, 3.63) is 65.5 Å². The zero-order chi connectivity index (χ0) is 23.7. The quantitative estimate of drug-likeness (QED) is 0.450. The molecule has 0 N–H and O–H groups in total. The molecular formula is C25H28N6O3. The Hall–Kier alpha value is -3.72. The Labute approximate surface area is 198 Å². The van der Waals surface area contributed by atoms with Gasteiger partial charge in [0.25, 0.3) is 5.91 Å². The molecule has 1 fully saturated rings. The number of aryl methyl sites for hydroxylation is 2. The number of aromatic nitrogens is 4. The van der Waals surface area contributed by atoms with Crippen molar-refractivity contribution in [2.75, 3.05) is 38.2 Å². The van der Waals surface area contributed by atoms with E-state index in [1.54, 1.807) is 19.2 Å². The molecule has 0 radical (unpaired) electrons. The van der Waals surface area contributed by atoms with Crippen molar-refractivity contribution in [3.8, 4) is 5.69 Å². The highest BCUT2D eigenvalue weighted by molar-refractivity contribution is 5.92. The Morgan fingerprint density at radius 3 is 2.62 bits per heavy atom. The third-order valence-electron chi connectivity index (χ3n) is 6.10. The Balaban J connectivity index is 1.52. The van der Waals surface area contributed by atoms with E-state index in [0.717, 1.165) is 41.2 Å². The van der Waals surface area contributed by atoms with Crippen molar-refractivity contribution in [3.63, 3.8) is 0 Å². The van der Waals surface area contributed by atoms with Crippen molar-refractivity contribution in [1.29, 1.82) is 0 Å². The molecule has 34 heavy (non-hydrogen) atoms. The summed E-state index contributed by atoms with van der Waals surface area (Å²) in [5.74, 6) is 1.73. The molecule has 1 aliphatic heterocycles. The lowest BCUT2D eigenvalue weighted by Crippen LogP contribution is -2.35. The first-order valence-corrected chi connectivity index (χ1v) is 11.4. The van der Waals surface area contributed by atoms with Gasteiger partial charge < -0.3 is 19.0 Å². The largest absolute Gasteiger partial charge is 0.459 e. The molecule has 0 spiro atoms. The number of amides is 1. The minimum absolute atomic E-state index is 0.0804. The van der Waals surface area contributed by atoms with E-state index in [4.69, 9.17) is 24.2 Å². The van der Waals surface area contributed by atoms with Gasteiger partial charge in [-0.2, -0.15) is 5.10 Å². The average Bonchev–Trinajstić information content (AvgIpc) is 3.41. The van der Waals surface area contributed by atoms with Crippen molar-refractivity contribution in [2.24, 2.45) is 0 Å². The van der Waals surface area contributed by atoms with Crippen LogP contribution in [0.1, 0.15) is 34.1 Å². The van der Waals surface area contributed by atoms with Crippen LogP contribution in [0.25, 0.3) is 16.7 Å². The SMILES string of the molecule is COCc1nc(N2CCCN(C(=O)c3ccco3)CC2)c2c(C)nn(-c3ccc(C)cc3)c2n1. The fourth-order valence-electron chi connectivity index (χ4n) is 4.38. The van der Waals surface area contributed by atoms with Crippen molar-refractivity contribution in [2.45, 2.75) is 26.9 Å². The van der Waals surface area contributed by atoms with Crippen LogP contribution in [0.2, 0.25) is 0 Å². The predicted octanol–water partition coefficient (Wildman–Crippen LogP) is 3.52. The zero-order valence-corrected chi connectivity index (χ0v) is 19.7. The molecule has 3 aromatic heterocycles. The summed E-state index contributed by atoms with van der Waals surface area (Å²) in [6.07, 6.45) is 2.35. The van der Waals surface area contributed by atoms with Crippen LogP contribution >= 0.6 is 0 Å². The summed E-state index contributed by atoms with van der Waals surface area (Å²) < 4.78 is 12.6. The molecule has 176 valence electrons. The van der Waals surface area contributed by atoms with Gasteiger partial charge in [0.2, 0.25) is 0 Å². The van der Waals surface area contributed by atoms with E-state index in [-0.39, 0.29) is 5.91 Å². The number of ether oxygens (including phenoxy) is 1. The molecule has 1 aliphatic rings. The summed E-state index contributed by atoms with van der Waals surface area (Å²) in [5, 5.41) is 5.74. The average molecular weight is 461 g/mol. The molecule has 1 amide bonds. The third-order valence-corrected chi connectivity index (χ3v) is 6.10. The number of fused-ring (bicyclic) bond motifs is 1. The van der Waals surface area contributed by atoms with E-state index in [1.807, 2.05) is 28.6 Å². The smallest absolute Gasteiger partial charge is 0.289 e. The first kappa shape index (κ1) is 22.1. The van der Waals surface area contributed by atoms with Crippen LogP contribution in [0.5, 0.6) is 0 Å². The van der Waals surface area contributed by atoms with E-state index in [9.17, 15) is 4.79 Å². The van der Waals surface area contributed by atoms with Crippen molar-refractivity contribution < 1.29 is 13.9 Å². The number of nitrogens with zero attached hydrogens (tertiary/aromatic N) is 6. The second-order valence-corrected chi connectivity index (χ2v) is 8.54. The number of rotatable bonds is 5. The molecule has 5 rings (SSSR count). The van der Waals surface area contributed by atoms with Crippen molar-refractivity contribution in [1.82, 2.24) is 24.6 Å². The van der Waals surface area contributed by atoms with Gasteiger partial charge in [0, 0.05) is 33.3 Å². The minimum Gasteiger partial charge on any atom is -0.459 e. The van der Waals surface area contributed by atoms with Crippen LogP contribution in [-0.2, 0) is 11.3 Å². The van der Waals surface area contributed by atoms with Crippen LogP contribution in [0, 0.1) is 13.8 Å². The lowest BCUT2D eigenvalue weighted by molar-refractivity contribution is 0.0735. The number of carbonyl (C=O) groups is 1. The molecule has 9 nitrogen and oxygen atoms in total. The molecule has 0 unspecified atom stereocenters. The lowest BCUT2D eigenvalue weighted by Gasteiger charge is -2.23. The van der Waals surface area contributed by atoms with E-state index in [2.05, 4.69) is 24.0 Å². The predicted molar refractivity (Wildman–Crippen MR) is 128 cm³/mol. The van der Waals surface area contributed by atoms with Crippen LogP contribution in [0.4, 0.5) is 5.82 Å². The third kappa shape index (κ3) is 4.14.